The standard InChI is InChI=1S/C44H55FN4O3Si/c1-31(2)32(3)12-11-14-34-17-24-38(40(50)28-34)42-39(25-26-41(35-18-20-36(45)21-19-35)52-53(7,8)44(4,5)6)43(51)49(42)37-22-15-33(16-23-37)13-9-10-27-48-30-46-29-47-48/h11,14-16,18-23,28-30,32,38-39,41-42H,1,10,12,17,24-27H2,2-8H3/b14-11+. The molecule has 0 bridgehead atoms. The van der Waals surface area contributed by atoms with E-state index in [0.29, 0.717) is 38.1 Å². The molecule has 53 heavy (non-hydrogen) atoms. The van der Waals surface area contributed by atoms with Gasteiger partial charge in [-0.1, -0.05) is 76.0 Å². The zero-order valence-corrected chi connectivity index (χ0v) is 33.4. The molecular weight excluding hydrogens is 680 g/mol. The van der Waals surface area contributed by atoms with Gasteiger partial charge in [-0.05, 0) is 117 Å². The Kier molecular flexibility index (Phi) is 12.9. The normalized spacial score (nSPS) is 20.4. The molecule has 1 saturated heterocycles. The van der Waals surface area contributed by atoms with Gasteiger partial charge < -0.3 is 9.33 Å². The second-order valence-electron chi connectivity index (χ2n) is 16.2. The fourth-order valence-corrected chi connectivity index (χ4v) is 8.09. The SMILES string of the molecule is C=C(C)C(C)C/C=C/C1=CC(=O)C(C2C(CCC(O[Si](C)(C)C(C)(C)C)c3ccc(F)cc3)C(=O)N2c2ccc(C#CCCn3cncn3)cc2)CC1. The van der Waals surface area contributed by atoms with E-state index in [1.807, 2.05) is 36.1 Å². The average Bonchev–Trinajstić information content (AvgIpc) is 3.63. The van der Waals surface area contributed by atoms with Gasteiger partial charge >= 0.3 is 0 Å². The predicted octanol–water partition coefficient (Wildman–Crippen LogP) is 9.80. The molecule has 0 radical (unpaired) electrons. The lowest BCUT2D eigenvalue weighted by molar-refractivity contribution is -0.134. The summed E-state index contributed by atoms with van der Waals surface area (Å²) in [7, 11) is -2.22. The van der Waals surface area contributed by atoms with Gasteiger partial charge in [-0.25, -0.2) is 9.37 Å². The molecule has 5 rings (SSSR count). The number of carbonyl (C=O) groups is 2. The number of hydrogen-bond donors (Lipinski definition) is 0. The number of β-lactam (4-membered cyclic amide) rings is 1. The molecule has 280 valence electrons. The van der Waals surface area contributed by atoms with Crippen molar-refractivity contribution in [3.63, 3.8) is 0 Å². The molecule has 2 aromatic carbocycles. The number of hydrogen-bond acceptors (Lipinski definition) is 5. The maximum absolute atomic E-state index is 14.2. The van der Waals surface area contributed by atoms with E-state index in [0.717, 1.165) is 40.8 Å². The Morgan fingerprint density at radius 3 is 2.47 bits per heavy atom. The van der Waals surface area contributed by atoms with Crippen LogP contribution in [0.5, 0.6) is 0 Å². The number of halogens is 1. The van der Waals surface area contributed by atoms with Crippen molar-refractivity contribution in [2.45, 2.75) is 110 Å². The summed E-state index contributed by atoms with van der Waals surface area (Å²) in [6, 6.07) is 14.0. The van der Waals surface area contributed by atoms with Crippen LogP contribution < -0.4 is 4.90 Å². The van der Waals surface area contributed by atoms with Crippen molar-refractivity contribution in [2.75, 3.05) is 4.90 Å². The van der Waals surface area contributed by atoms with Crippen molar-refractivity contribution in [1.29, 1.82) is 0 Å². The molecule has 1 fully saturated rings. The van der Waals surface area contributed by atoms with Gasteiger partial charge in [-0.15, -0.1) is 0 Å². The molecule has 0 saturated carbocycles. The minimum Gasteiger partial charge on any atom is -0.410 e. The highest BCUT2D eigenvalue weighted by molar-refractivity contribution is 6.74. The van der Waals surface area contributed by atoms with Crippen molar-refractivity contribution >= 4 is 25.7 Å². The maximum Gasteiger partial charge on any atom is 0.232 e. The summed E-state index contributed by atoms with van der Waals surface area (Å²) >= 11 is 0. The summed E-state index contributed by atoms with van der Waals surface area (Å²) in [6.45, 7) is 20.0. The van der Waals surface area contributed by atoms with Crippen LogP contribution in [0.25, 0.3) is 0 Å². The maximum atomic E-state index is 14.2. The summed E-state index contributed by atoms with van der Waals surface area (Å²) in [5, 5.41) is 4.09. The van der Waals surface area contributed by atoms with Crippen molar-refractivity contribution in [3.05, 3.63) is 114 Å². The van der Waals surface area contributed by atoms with Crippen LogP contribution in [0.3, 0.4) is 0 Å². The first-order chi connectivity index (χ1) is 25.1. The van der Waals surface area contributed by atoms with Gasteiger partial charge in [0.2, 0.25) is 5.91 Å². The second-order valence-corrected chi connectivity index (χ2v) is 21.0. The highest BCUT2D eigenvalue weighted by Gasteiger charge is 2.53. The molecule has 2 aliphatic rings. The van der Waals surface area contributed by atoms with Gasteiger partial charge in [0.05, 0.1) is 24.6 Å². The van der Waals surface area contributed by atoms with Gasteiger partial charge in [0.15, 0.2) is 14.1 Å². The van der Waals surface area contributed by atoms with Gasteiger partial charge in [-0.3, -0.25) is 14.3 Å². The summed E-state index contributed by atoms with van der Waals surface area (Å²) in [5.74, 6) is 5.91. The first-order valence-corrected chi connectivity index (χ1v) is 21.8. The molecule has 0 N–H and O–H groups in total. The number of amides is 1. The third-order valence-electron chi connectivity index (χ3n) is 11.3. The van der Waals surface area contributed by atoms with Crippen LogP contribution in [0.1, 0.15) is 90.4 Å². The Hall–Kier alpha value is -4.39. The fourth-order valence-electron chi connectivity index (χ4n) is 6.77. The van der Waals surface area contributed by atoms with E-state index >= 15 is 0 Å². The zero-order valence-electron chi connectivity index (χ0n) is 32.4. The van der Waals surface area contributed by atoms with E-state index in [2.05, 4.69) is 81.4 Å². The lowest BCUT2D eigenvalue weighted by atomic mass is 9.70. The highest BCUT2D eigenvalue weighted by Crippen LogP contribution is 2.46. The third kappa shape index (κ3) is 9.98. The van der Waals surface area contributed by atoms with Gasteiger partial charge in [0.1, 0.15) is 18.5 Å². The molecule has 7 nitrogen and oxygen atoms in total. The predicted molar refractivity (Wildman–Crippen MR) is 213 cm³/mol. The number of nitrogens with zero attached hydrogens (tertiary/aromatic N) is 4. The first kappa shape index (κ1) is 39.8. The lowest BCUT2D eigenvalue weighted by Crippen LogP contribution is -2.65. The number of rotatable bonds is 14. The topological polar surface area (TPSA) is 77.3 Å². The van der Waals surface area contributed by atoms with Crippen LogP contribution in [-0.2, 0) is 20.6 Å². The number of carbonyl (C=O) groups excluding carboxylic acids is 2. The third-order valence-corrected chi connectivity index (χ3v) is 15.8. The monoisotopic (exact) mass is 734 g/mol. The van der Waals surface area contributed by atoms with Gasteiger partial charge in [-0.2, -0.15) is 5.10 Å². The smallest absolute Gasteiger partial charge is 0.232 e. The van der Waals surface area contributed by atoms with Gasteiger partial charge in [0.25, 0.3) is 0 Å². The summed E-state index contributed by atoms with van der Waals surface area (Å²) in [5.41, 5.74) is 4.70. The molecule has 5 atom stereocenters. The number of aryl methyl sites for hydroxylation is 1. The lowest BCUT2D eigenvalue weighted by Gasteiger charge is -2.51. The number of allylic oxidation sites excluding steroid dienone is 5. The molecule has 1 aromatic heterocycles. The first-order valence-electron chi connectivity index (χ1n) is 18.9. The molecule has 2 heterocycles. The van der Waals surface area contributed by atoms with Crippen LogP contribution in [0, 0.1) is 35.4 Å². The molecule has 3 aromatic rings. The average molecular weight is 735 g/mol. The van der Waals surface area contributed by atoms with Crippen molar-refractivity contribution in [3.8, 4) is 11.8 Å². The van der Waals surface area contributed by atoms with Crippen molar-refractivity contribution < 1.29 is 18.4 Å². The molecular formula is C44H55FN4O3Si. The molecule has 1 aliphatic carbocycles. The van der Waals surface area contributed by atoms with E-state index in [9.17, 15) is 14.0 Å². The molecule has 1 amide bonds. The number of aromatic nitrogens is 3. The Morgan fingerprint density at radius 1 is 1.13 bits per heavy atom. The van der Waals surface area contributed by atoms with Crippen LogP contribution in [-0.4, -0.2) is 40.8 Å². The number of benzene rings is 2. The minimum absolute atomic E-state index is 0.0168. The van der Waals surface area contributed by atoms with E-state index < -0.39 is 8.32 Å². The van der Waals surface area contributed by atoms with E-state index in [1.165, 1.54) is 18.5 Å². The Labute approximate surface area is 316 Å². The van der Waals surface area contributed by atoms with E-state index in [-0.39, 0.29) is 46.5 Å². The van der Waals surface area contributed by atoms with Crippen LogP contribution >= 0.6 is 0 Å². The minimum atomic E-state index is -2.22. The van der Waals surface area contributed by atoms with Gasteiger partial charge in [0, 0.05) is 23.6 Å². The summed E-state index contributed by atoms with van der Waals surface area (Å²) in [6.07, 6.45) is 13.0. The molecule has 9 heteroatoms. The Morgan fingerprint density at radius 2 is 1.85 bits per heavy atom. The molecule has 5 unspecified atom stereocenters. The van der Waals surface area contributed by atoms with Crippen LogP contribution in [0.15, 0.2) is 97.1 Å². The summed E-state index contributed by atoms with van der Waals surface area (Å²) < 4.78 is 22.7. The Balaban J connectivity index is 1.37. The Bertz CT molecular complexity index is 1860. The number of anilines is 1. The quantitative estimate of drug-likeness (QED) is 0.0714. The van der Waals surface area contributed by atoms with E-state index in [1.54, 1.807) is 29.2 Å². The molecule has 0 spiro atoms. The largest absolute Gasteiger partial charge is 0.410 e. The zero-order chi connectivity index (χ0) is 38.3. The number of ketones is 1. The summed E-state index contributed by atoms with van der Waals surface area (Å²) in [4.78, 5) is 33.9. The highest BCUT2D eigenvalue weighted by atomic mass is 28.4. The van der Waals surface area contributed by atoms with Crippen molar-refractivity contribution in [2.24, 2.45) is 17.8 Å². The fraction of sp³-hybridized carbons (Fsp3) is 0.455. The molecule has 1 aliphatic heterocycles. The van der Waals surface area contributed by atoms with Crippen LogP contribution in [0.2, 0.25) is 18.1 Å². The van der Waals surface area contributed by atoms with E-state index in [4.69, 9.17) is 4.43 Å². The van der Waals surface area contributed by atoms with Crippen LogP contribution in [0.4, 0.5) is 10.1 Å². The second kappa shape index (κ2) is 17.2. The van der Waals surface area contributed by atoms with Crippen molar-refractivity contribution in [1.82, 2.24) is 14.8 Å².